The number of ether oxygens (including phenoxy) is 1. The van der Waals surface area contributed by atoms with Gasteiger partial charge in [0.05, 0.1) is 13.7 Å². The molecule has 13 heavy (non-hydrogen) atoms. The van der Waals surface area contributed by atoms with Gasteiger partial charge in [-0.3, -0.25) is 9.69 Å². The molecule has 3 nitrogen and oxygen atoms in total. The molecule has 0 unspecified atom stereocenters. The summed E-state index contributed by atoms with van der Waals surface area (Å²) in [5.74, 6) is -0.169. The zero-order valence-corrected chi connectivity index (χ0v) is 8.58. The topological polar surface area (TPSA) is 29.5 Å². The van der Waals surface area contributed by atoms with Gasteiger partial charge < -0.3 is 4.74 Å². The minimum atomic E-state index is -0.169. The number of rotatable bonds is 7. The monoisotopic (exact) mass is 185 g/mol. The van der Waals surface area contributed by atoms with E-state index in [1.807, 2.05) is 6.08 Å². The number of methoxy groups -OCH3 is 1. The van der Waals surface area contributed by atoms with E-state index in [0.717, 1.165) is 25.9 Å². The van der Waals surface area contributed by atoms with Gasteiger partial charge in [-0.15, -0.1) is 6.58 Å². The maximum absolute atomic E-state index is 11.0. The highest BCUT2D eigenvalue weighted by atomic mass is 16.5. The molecule has 0 radical (unpaired) electrons. The van der Waals surface area contributed by atoms with Gasteiger partial charge in [0.25, 0.3) is 0 Å². The highest BCUT2D eigenvalue weighted by Gasteiger charge is 2.08. The number of hydrogen-bond donors (Lipinski definition) is 0. The van der Waals surface area contributed by atoms with Crippen molar-refractivity contribution < 1.29 is 9.53 Å². The highest BCUT2D eigenvalue weighted by molar-refractivity contribution is 5.71. The van der Waals surface area contributed by atoms with E-state index < -0.39 is 0 Å². The van der Waals surface area contributed by atoms with Crippen molar-refractivity contribution in [2.24, 2.45) is 0 Å². The van der Waals surface area contributed by atoms with E-state index in [-0.39, 0.29) is 5.97 Å². The van der Waals surface area contributed by atoms with Crippen molar-refractivity contribution in [2.45, 2.75) is 19.8 Å². The van der Waals surface area contributed by atoms with Crippen LogP contribution in [0.1, 0.15) is 19.8 Å². The summed E-state index contributed by atoms with van der Waals surface area (Å²) in [7, 11) is 1.42. The highest BCUT2D eigenvalue weighted by Crippen LogP contribution is 1.95. The van der Waals surface area contributed by atoms with Gasteiger partial charge in [-0.1, -0.05) is 13.0 Å². The maximum atomic E-state index is 11.0. The summed E-state index contributed by atoms with van der Waals surface area (Å²) in [5.41, 5.74) is 0. The molecule has 0 aliphatic carbocycles. The Morgan fingerprint density at radius 2 is 2.23 bits per heavy atom. The predicted molar refractivity (Wildman–Crippen MR) is 53.6 cm³/mol. The van der Waals surface area contributed by atoms with E-state index >= 15 is 0 Å². The SMILES string of the molecule is C=CCCN(CCC)CC(=O)OC. The van der Waals surface area contributed by atoms with E-state index in [9.17, 15) is 4.79 Å². The van der Waals surface area contributed by atoms with Gasteiger partial charge in [-0.05, 0) is 19.4 Å². The first-order chi connectivity index (χ1) is 6.24. The second-order valence-electron chi connectivity index (χ2n) is 2.93. The number of carbonyl (C=O) groups excluding carboxylic acids is 1. The molecular formula is C10H19NO2. The first kappa shape index (κ1) is 12.2. The van der Waals surface area contributed by atoms with E-state index in [1.165, 1.54) is 7.11 Å². The fraction of sp³-hybridized carbons (Fsp3) is 0.700. The molecule has 0 bridgehead atoms. The molecule has 0 spiro atoms. The molecule has 3 heteroatoms. The van der Waals surface area contributed by atoms with Gasteiger partial charge in [-0.2, -0.15) is 0 Å². The van der Waals surface area contributed by atoms with Crippen molar-refractivity contribution in [3.8, 4) is 0 Å². The van der Waals surface area contributed by atoms with Crippen LogP contribution in [0.15, 0.2) is 12.7 Å². The van der Waals surface area contributed by atoms with Crippen LogP contribution in [0.2, 0.25) is 0 Å². The molecule has 0 aromatic rings. The van der Waals surface area contributed by atoms with Gasteiger partial charge in [0.15, 0.2) is 0 Å². The average Bonchev–Trinajstić information content (AvgIpc) is 2.14. The lowest BCUT2D eigenvalue weighted by molar-refractivity contribution is -0.141. The Bertz CT molecular complexity index is 157. The number of nitrogens with zero attached hydrogens (tertiary/aromatic N) is 1. The molecule has 0 N–H and O–H groups in total. The first-order valence-corrected chi connectivity index (χ1v) is 4.64. The zero-order chi connectivity index (χ0) is 10.1. The van der Waals surface area contributed by atoms with E-state index in [0.29, 0.717) is 6.54 Å². The molecule has 0 amide bonds. The van der Waals surface area contributed by atoms with Gasteiger partial charge >= 0.3 is 5.97 Å². The van der Waals surface area contributed by atoms with Gasteiger partial charge in [-0.25, -0.2) is 0 Å². The smallest absolute Gasteiger partial charge is 0.319 e. The second-order valence-corrected chi connectivity index (χ2v) is 2.93. The van der Waals surface area contributed by atoms with E-state index in [2.05, 4.69) is 23.1 Å². The molecule has 0 heterocycles. The Labute approximate surface area is 80.4 Å². The summed E-state index contributed by atoms with van der Waals surface area (Å²) in [4.78, 5) is 13.0. The zero-order valence-electron chi connectivity index (χ0n) is 8.58. The standard InChI is InChI=1S/C10H19NO2/c1-4-6-8-11(7-5-2)9-10(12)13-3/h4H,1,5-9H2,2-3H3. The number of carbonyl (C=O) groups is 1. The molecule has 76 valence electrons. The van der Waals surface area contributed by atoms with Crippen LogP contribution in [-0.2, 0) is 9.53 Å². The van der Waals surface area contributed by atoms with Crippen molar-refractivity contribution >= 4 is 5.97 Å². The number of hydrogen-bond acceptors (Lipinski definition) is 3. The molecule has 0 rings (SSSR count). The Balaban J connectivity index is 3.78. The van der Waals surface area contributed by atoms with Crippen molar-refractivity contribution in [1.82, 2.24) is 4.90 Å². The minimum absolute atomic E-state index is 0.169. The maximum Gasteiger partial charge on any atom is 0.319 e. The third-order valence-corrected chi connectivity index (χ3v) is 1.77. The molecule has 0 aromatic heterocycles. The minimum Gasteiger partial charge on any atom is -0.468 e. The van der Waals surface area contributed by atoms with Crippen LogP contribution in [0.25, 0.3) is 0 Å². The largest absolute Gasteiger partial charge is 0.468 e. The first-order valence-electron chi connectivity index (χ1n) is 4.64. The summed E-state index contributed by atoms with van der Waals surface area (Å²) in [6, 6.07) is 0. The van der Waals surface area contributed by atoms with E-state index in [1.54, 1.807) is 0 Å². The molecule has 0 aromatic carbocycles. The molecule has 0 fully saturated rings. The van der Waals surface area contributed by atoms with Crippen LogP contribution in [0.3, 0.4) is 0 Å². The van der Waals surface area contributed by atoms with Crippen LogP contribution in [-0.4, -0.2) is 37.6 Å². The van der Waals surface area contributed by atoms with Gasteiger partial charge in [0, 0.05) is 6.54 Å². The second kappa shape index (κ2) is 7.80. The van der Waals surface area contributed by atoms with Crippen molar-refractivity contribution in [3.63, 3.8) is 0 Å². The lowest BCUT2D eigenvalue weighted by Gasteiger charge is -2.18. The summed E-state index contributed by atoms with van der Waals surface area (Å²) in [6.07, 6.45) is 3.82. The normalized spacial score (nSPS) is 10.1. The Hall–Kier alpha value is -0.830. The molecule has 0 aliphatic rings. The van der Waals surface area contributed by atoms with E-state index in [4.69, 9.17) is 0 Å². The molecule has 0 saturated heterocycles. The van der Waals surface area contributed by atoms with Gasteiger partial charge in [0.2, 0.25) is 0 Å². The molecule has 0 atom stereocenters. The van der Waals surface area contributed by atoms with Crippen molar-refractivity contribution in [2.75, 3.05) is 26.7 Å². The Kier molecular flexibility index (Phi) is 7.30. The summed E-state index contributed by atoms with van der Waals surface area (Å²) < 4.78 is 4.60. The van der Waals surface area contributed by atoms with Crippen LogP contribution >= 0.6 is 0 Å². The number of esters is 1. The molecule has 0 saturated carbocycles. The van der Waals surface area contributed by atoms with Crippen LogP contribution in [0.4, 0.5) is 0 Å². The summed E-state index contributed by atoms with van der Waals surface area (Å²) >= 11 is 0. The third-order valence-electron chi connectivity index (χ3n) is 1.77. The Morgan fingerprint density at radius 3 is 2.69 bits per heavy atom. The Morgan fingerprint density at radius 1 is 1.54 bits per heavy atom. The average molecular weight is 185 g/mol. The quantitative estimate of drug-likeness (QED) is 0.444. The fourth-order valence-electron chi connectivity index (χ4n) is 1.11. The van der Waals surface area contributed by atoms with Crippen LogP contribution in [0, 0.1) is 0 Å². The van der Waals surface area contributed by atoms with Crippen LogP contribution < -0.4 is 0 Å². The third kappa shape index (κ3) is 6.34. The summed E-state index contributed by atoms with van der Waals surface area (Å²) in [5, 5.41) is 0. The molecule has 0 aliphatic heterocycles. The molecular weight excluding hydrogens is 166 g/mol. The lowest BCUT2D eigenvalue weighted by atomic mass is 10.3. The predicted octanol–water partition coefficient (Wildman–Crippen LogP) is 1.45. The van der Waals surface area contributed by atoms with Crippen LogP contribution in [0.5, 0.6) is 0 Å². The lowest BCUT2D eigenvalue weighted by Crippen LogP contribution is -2.32. The fourth-order valence-corrected chi connectivity index (χ4v) is 1.11. The van der Waals surface area contributed by atoms with Crippen molar-refractivity contribution in [1.29, 1.82) is 0 Å². The van der Waals surface area contributed by atoms with Crippen molar-refractivity contribution in [3.05, 3.63) is 12.7 Å². The van der Waals surface area contributed by atoms with Gasteiger partial charge in [0.1, 0.15) is 0 Å². The summed E-state index contributed by atoms with van der Waals surface area (Å²) in [6.45, 7) is 7.95.